The number of hydrogen-bond acceptors (Lipinski definition) is 8. The van der Waals surface area contributed by atoms with Gasteiger partial charge in [-0.2, -0.15) is 5.10 Å². The second-order valence-corrected chi connectivity index (χ2v) is 7.15. The minimum absolute atomic E-state index is 0.102. The van der Waals surface area contributed by atoms with Crippen LogP contribution in [0.4, 0.5) is 5.69 Å². The number of nitrogens with one attached hydrogen (secondary N) is 1. The van der Waals surface area contributed by atoms with E-state index in [1.54, 1.807) is 36.4 Å². The number of esters is 1. The Labute approximate surface area is 195 Å². The highest BCUT2D eigenvalue weighted by Gasteiger charge is 2.11. The third kappa shape index (κ3) is 7.43. The first kappa shape index (κ1) is 23.4. The molecule has 10 nitrogen and oxygen atoms in total. The Bertz CT molecular complexity index is 1190. The number of halogens is 1. The molecule has 1 amide bonds. The summed E-state index contributed by atoms with van der Waals surface area (Å²) in [6.07, 6.45) is 5.65. The number of amides is 1. The van der Waals surface area contributed by atoms with E-state index in [-0.39, 0.29) is 18.0 Å². The van der Waals surface area contributed by atoms with Crippen LogP contribution in [-0.4, -0.2) is 29.6 Å². The number of nitro benzene ring substituents is 1. The first-order valence-electron chi connectivity index (χ1n) is 9.33. The number of hydrogen-bond donors (Lipinski definition) is 1. The molecule has 1 N–H and O–H groups in total. The zero-order valence-corrected chi connectivity index (χ0v) is 18.4. The van der Waals surface area contributed by atoms with E-state index >= 15 is 0 Å². The van der Waals surface area contributed by atoms with Gasteiger partial charge in [0.1, 0.15) is 17.3 Å². The maximum Gasteiger partial charge on any atom is 0.336 e. The molecule has 0 aliphatic heterocycles. The standard InChI is InChI=1S/C22H16BrN3O7/c23-19-12-16(26(29)30)5-9-20(19)32-14-21(27)25-24-13-15-3-6-18(7-4-15)33-22(28)10-8-17-2-1-11-31-17/h1-13H,14H2,(H,25,27). The van der Waals surface area contributed by atoms with E-state index in [0.29, 0.717) is 21.5 Å². The van der Waals surface area contributed by atoms with Crippen molar-refractivity contribution in [3.8, 4) is 11.5 Å². The van der Waals surface area contributed by atoms with Gasteiger partial charge >= 0.3 is 5.97 Å². The fraction of sp³-hybridized carbons (Fsp3) is 0.0455. The summed E-state index contributed by atoms with van der Waals surface area (Å²) in [5, 5.41) is 14.6. The molecule has 3 aromatic rings. The summed E-state index contributed by atoms with van der Waals surface area (Å²) in [4.78, 5) is 33.9. The van der Waals surface area contributed by atoms with Crippen LogP contribution in [-0.2, 0) is 9.59 Å². The molecule has 0 aliphatic rings. The average Bonchev–Trinajstić information content (AvgIpc) is 3.32. The number of non-ortho nitro benzene ring substituents is 1. The molecule has 0 atom stereocenters. The summed E-state index contributed by atoms with van der Waals surface area (Å²) in [5.41, 5.74) is 2.86. The number of hydrazone groups is 1. The van der Waals surface area contributed by atoms with Crippen LogP contribution < -0.4 is 14.9 Å². The molecule has 2 aromatic carbocycles. The van der Waals surface area contributed by atoms with Crippen molar-refractivity contribution in [1.29, 1.82) is 0 Å². The van der Waals surface area contributed by atoms with Gasteiger partial charge in [-0.1, -0.05) is 0 Å². The van der Waals surface area contributed by atoms with Crippen LogP contribution in [0.3, 0.4) is 0 Å². The molecule has 0 unspecified atom stereocenters. The number of ether oxygens (including phenoxy) is 2. The molecule has 0 radical (unpaired) electrons. The number of carbonyl (C=O) groups is 2. The number of rotatable bonds is 9. The van der Waals surface area contributed by atoms with Crippen LogP contribution in [0.5, 0.6) is 11.5 Å². The summed E-state index contributed by atoms with van der Waals surface area (Å²) in [5.74, 6) is 0.0766. The lowest BCUT2D eigenvalue weighted by molar-refractivity contribution is -0.385. The molecule has 11 heteroatoms. The van der Waals surface area contributed by atoms with Crippen LogP contribution in [0.1, 0.15) is 11.3 Å². The van der Waals surface area contributed by atoms with Crippen molar-refractivity contribution >= 4 is 45.8 Å². The predicted molar refractivity (Wildman–Crippen MR) is 122 cm³/mol. The van der Waals surface area contributed by atoms with E-state index in [2.05, 4.69) is 26.5 Å². The van der Waals surface area contributed by atoms with Crippen LogP contribution in [0.15, 0.2) is 80.9 Å². The maximum absolute atomic E-state index is 11.9. The third-order valence-corrected chi connectivity index (χ3v) is 4.53. The van der Waals surface area contributed by atoms with Crippen molar-refractivity contribution in [2.75, 3.05) is 6.61 Å². The van der Waals surface area contributed by atoms with Gasteiger partial charge in [0.25, 0.3) is 11.6 Å². The molecule has 0 fully saturated rings. The van der Waals surface area contributed by atoms with Gasteiger partial charge in [-0.05, 0) is 70.0 Å². The number of benzene rings is 2. The van der Waals surface area contributed by atoms with E-state index in [9.17, 15) is 19.7 Å². The van der Waals surface area contributed by atoms with Crippen LogP contribution in [0.2, 0.25) is 0 Å². The number of carbonyl (C=O) groups excluding carboxylic acids is 2. The molecule has 0 bridgehead atoms. The van der Waals surface area contributed by atoms with Gasteiger partial charge in [0.05, 0.1) is 21.9 Å². The minimum atomic E-state index is -0.556. The van der Waals surface area contributed by atoms with Crippen molar-refractivity contribution in [1.82, 2.24) is 5.43 Å². The molecule has 0 saturated carbocycles. The maximum atomic E-state index is 11.9. The highest BCUT2D eigenvalue weighted by Crippen LogP contribution is 2.28. The van der Waals surface area contributed by atoms with Gasteiger partial charge in [-0.25, -0.2) is 10.2 Å². The normalized spacial score (nSPS) is 10.9. The first-order valence-corrected chi connectivity index (χ1v) is 10.1. The number of nitro groups is 1. The molecule has 0 spiro atoms. The Morgan fingerprint density at radius 3 is 2.64 bits per heavy atom. The second-order valence-electron chi connectivity index (χ2n) is 6.29. The van der Waals surface area contributed by atoms with Crippen LogP contribution in [0.25, 0.3) is 6.08 Å². The zero-order valence-electron chi connectivity index (χ0n) is 16.8. The highest BCUT2D eigenvalue weighted by atomic mass is 79.9. The molecule has 168 valence electrons. The SMILES string of the molecule is O=C(COc1ccc([N+](=O)[O-])cc1Br)NN=Cc1ccc(OC(=O)C=Cc2ccco2)cc1. The fourth-order valence-electron chi connectivity index (χ4n) is 2.38. The van der Waals surface area contributed by atoms with E-state index in [4.69, 9.17) is 13.9 Å². The largest absolute Gasteiger partial charge is 0.483 e. The first-order chi connectivity index (χ1) is 15.9. The van der Waals surface area contributed by atoms with Crippen molar-refractivity contribution in [3.05, 3.63) is 92.8 Å². The number of nitrogens with zero attached hydrogens (tertiary/aromatic N) is 2. The summed E-state index contributed by atoms with van der Waals surface area (Å²) < 4.78 is 15.9. The highest BCUT2D eigenvalue weighted by molar-refractivity contribution is 9.10. The number of furan rings is 1. The summed E-state index contributed by atoms with van der Waals surface area (Å²) in [7, 11) is 0. The fourth-order valence-corrected chi connectivity index (χ4v) is 2.86. The van der Waals surface area contributed by atoms with E-state index in [1.807, 2.05) is 0 Å². The van der Waals surface area contributed by atoms with Crippen molar-refractivity contribution in [2.24, 2.45) is 5.10 Å². The van der Waals surface area contributed by atoms with Crippen molar-refractivity contribution < 1.29 is 28.4 Å². The Kier molecular flexibility index (Phi) is 8.08. The van der Waals surface area contributed by atoms with Crippen molar-refractivity contribution in [2.45, 2.75) is 0 Å². The summed E-state index contributed by atoms with van der Waals surface area (Å²) in [6, 6.07) is 13.8. The average molecular weight is 514 g/mol. The second kappa shape index (κ2) is 11.4. The summed E-state index contributed by atoms with van der Waals surface area (Å²) >= 11 is 3.16. The molecule has 0 aliphatic carbocycles. The Morgan fingerprint density at radius 1 is 1.18 bits per heavy atom. The van der Waals surface area contributed by atoms with Gasteiger partial charge in [-0.15, -0.1) is 0 Å². The zero-order chi connectivity index (χ0) is 23.6. The van der Waals surface area contributed by atoms with Crippen molar-refractivity contribution in [3.63, 3.8) is 0 Å². The molecular weight excluding hydrogens is 498 g/mol. The lowest BCUT2D eigenvalue weighted by Gasteiger charge is -2.06. The van der Waals surface area contributed by atoms with E-state index in [0.717, 1.165) is 0 Å². The predicted octanol–water partition coefficient (Wildman–Crippen LogP) is 4.10. The third-order valence-electron chi connectivity index (χ3n) is 3.91. The molecule has 3 rings (SSSR count). The molecule has 1 aromatic heterocycles. The molecule has 1 heterocycles. The van der Waals surface area contributed by atoms with Gasteiger partial charge in [0, 0.05) is 18.2 Å². The molecule has 33 heavy (non-hydrogen) atoms. The lowest BCUT2D eigenvalue weighted by atomic mass is 10.2. The van der Waals surface area contributed by atoms with E-state index in [1.165, 1.54) is 42.8 Å². The monoisotopic (exact) mass is 513 g/mol. The smallest absolute Gasteiger partial charge is 0.336 e. The Hall–Kier alpha value is -4.25. The Balaban J connectivity index is 1.43. The molecular formula is C22H16BrN3O7. The van der Waals surface area contributed by atoms with Gasteiger partial charge < -0.3 is 13.9 Å². The van der Waals surface area contributed by atoms with Gasteiger partial charge in [-0.3, -0.25) is 14.9 Å². The Morgan fingerprint density at radius 2 is 1.97 bits per heavy atom. The van der Waals surface area contributed by atoms with Gasteiger partial charge in [0.15, 0.2) is 6.61 Å². The van der Waals surface area contributed by atoms with E-state index < -0.39 is 16.8 Å². The topological polar surface area (TPSA) is 133 Å². The minimum Gasteiger partial charge on any atom is -0.483 e. The van der Waals surface area contributed by atoms with Gasteiger partial charge in [0.2, 0.25) is 0 Å². The van der Waals surface area contributed by atoms with Crippen LogP contribution >= 0.6 is 15.9 Å². The summed E-state index contributed by atoms with van der Waals surface area (Å²) in [6.45, 7) is -0.339. The quantitative estimate of drug-likeness (QED) is 0.114. The lowest BCUT2D eigenvalue weighted by Crippen LogP contribution is -2.24. The molecule has 0 saturated heterocycles. The van der Waals surface area contributed by atoms with Crippen LogP contribution in [0, 0.1) is 10.1 Å².